The molecule has 0 radical (unpaired) electrons. The summed E-state index contributed by atoms with van der Waals surface area (Å²) >= 11 is 0. The Balaban J connectivity index is 1.69. The first-order valence-corrected chi connectivity index (χ1v) is 8.77. The quantitative estimate of drug-likeness (QED) is 0.841. The molecule has 0 aliphatic carbocycles. The van der Waals surface area contributed by atoms with Gasteiger partial charge in [-0.1, -0.05) is 6.92 Å². The normalized spacial score (nSPS) is 17.7. The van der Waals surface area contributed by atoms with Gasteiger partial charge in [0.05, 0.1) is 17.8 Å². The van der Waals surface area contributed by atoms with E-state index in [2.05, 4.69) is 48.1 Å². The predicted octanol–water partition coefficient (Wildman–Crippen LogP) is 1.93. The topological polar surface area (TPSA) is 80.3 Å². The van der Waals surface area contributed by atoms with Gasteiger partial charge in [0, 0.05) is 26.2 Å². The Labute approximate surface area is 147 Å². The Morgan fingerprint density at radius 3 is 2.56 bits per heavy atom. The molecule has 1 atom stereocenters. The van der Waals surface area contributed by atoms with Crippen molar-refractivity contribution >= 4 is 5.91 Å². The number of piperazine rings is 1. The molecule has 1 saturated heterocycles. The molecule has 3 heterocycles. The van der Waals surface area contributed by atoms with Gasteiger partial charge in [0.15, 0.2) is 11.6 Å². The van der Waals surface area contributed by atoms with Gasteiger partial charge < -0.3 is 9.32 Å². The lowest BCUT2D eigenvalue weighted by atomic mass is 10.1. The van der Waals surface area contributed by atoms with Crippen LogP contribution in [-0.2, 0) is 5.54 Å². The fraction of sp³-hybridized carbons (Fsp3) is 0.647. The lowest BCUT2D eigenvalue weighted by Crippen LogP contribution is -2.50. The van der Waals surface area contributed by atoms with Crippen molar-refractivity contribution in [2.45, 2.75) is 45.7 Å². The largest absolute Gasteiger partial charge is 0.459 e. The van der Waals surface area contributed by atoms with E-state index in [-0.39, 0.29) is 17.5 Å². The summed E-state index contributed by atoms with van der Waals surface area (Å²) in [6, 6.07) is 3.60. The summed E-state index contributed by atoms with van der Waals surface area (Å²) in [5, 5.41) is 12.4. The molecule has 1 amide bonds. The number of rotatable bonds is 4. The van der Waals surface area contributed by atoms with Gasteiger partial charge in [-0.05, 0) is 49.8 Å². The minimum atomic E-state index is -0.163. The van der Waals surface area contributed by atoms with E-state index in [1.165, 1.54) is 6.26 Å². The average molecular weight is 346 g/mol. The highest BCUT2D eigenvalue weighted by molar-refractivity contribution is 5.91. The first-order chi connectivity index (χ1) is 11.9. The summed E-state index contributed by atoms with van der Waals surface area (Å²) in [7, 11) is 0. The number of nitrogens with zero attached hydrogens (tertiary/aromatic N) is 6. The molecule has 1 aliphatic heterocycles. The van der Waals surface area contributed by atoms with E-state index >= 15 is 0 Å². The van der Waals surface area contributed by atoms with Crippen molar-refractivity contribution in [1.29, 1.82) is 0 Å². The molecule has 0 unspecified atom stereocenters. The van der Waals surface area contributed by atoms with Gasteiger partial charge in [-0.2, -0.15) is 0 Å². The van der Waals surface area contributed by atoms with Crippen molar-refractivity contribution in [2.75, 3.05) is 26.2 Å². The second kappa shape index (κ2) is 6.95. The van der Waals surface area contributed by atoms with Crippen LogP contribution in [0, 0.1) is 0 Å². The number of carbonyl (C=O) groups is 1. The van der Waals surface area contributed by atoms with E-state index in [1.807, 2.05) is 9.58 Å². The molecule has 1 aliphatic rings. The maximum Gasteiger partial charge on any atom is 0.289 e. The number of hydrogen-bond acceptors (Lipinski definition) is 6. The Morgan fingerprint density at radius 2 is 2.00 bits per heavy atom. The molecule has 25 heavy (non-hydrogen) atoms. The van der Waals surface area contributed by atoms with Gasteiger partial charge in [0.1, 0.15) is 0 Å². The molecule has 0 saturated carbocycles. The summed E-state index contributed by atoms with van der Waals surface area (Å²) in [6.45, 7) is 11.4. The Kier molecular flexibility index (Phi) is 4.89. The fourth-order valence-corrected chi connectivity index (χ4v) is 3.28. The summed E-state index contributed by atoms with van der Waals surface area (Å²) in [5.41, 5.74) is -0.163. The van der Waals surface area contributed by atoms with Crippen LogP contribution in [0.1, 0.15) is 56.5 Å². The van der Waals surface area contributed by atoms with E-state index in [9.17, 15) is 4.79 Å². The minimum Gasteiger partial charge on any atom is -0.459 e. The van der Waals surface area contributed by atoms with Crippen molar-refractivity contribution in [3.63, 3.8) is 0 Å². The van der Waals surface area contributed by atoms with Crippen LogP contribution < -0.4 is 0 Å². The molecule has 3 rings (SSSR count). The average Bonchev–Trinajstić information content (AvgIpc) is 3.27. The van der Waals surface area contributed by atoms with E-state index < -0.39 is 0 Å². The second-order valence-corrected chi connectivity index (χ2v) is 7.35. The standard InChI is InChI=1S/C17H26N6O2/c1-5-13(15-18-19-20-23(15)17(2,3)4)21-8-10-22(11-9-21)16(24)14-7-6-12-25-14/h6-7,12-13H,5,8-11H2,1-4H3/t13-/m0/s1. The van der Waals surface area contributed by atoms with Gasteiger partial charge >= 0.3 is 0 Å². The van der Waals surface area contributed by atoms with Gasteiger partial charge in [-0.15, -0.1) is 5.10 Å². The van der Waals surface area contributed by atoms with E-state index in [4.69, 9.17) is 4.42 Å². The van der Waals surface area contributed by atoms with E-state index in [1.54, 1.807) is 12.1 Å². The fourth-order valence-electron chi connectivity index (χ4n) is 3.28. The monoisotopic (exact) mass is 346 g/mol. The zero-order valence-corrected chi connectivity index (χ0v) is 15.3. The molecular formula is C17H26N6O2. The van der Waals surface area contributed by atoms with Crippen molar-refractivity contribution in [3.8, 4) is 0 Å². The van der Waals surface area contributed by atoms with Crippen molar-refractivity contribution in [1.82, 2.24) is 30.0 Å². The van der Waals surface area contributed by atoms with Gasteiger partial charge in [-0.25, -0.2) is 4.68 Å². The summed E-state index contributed by atoms with van der Waals surface area (Å²) < 4.78 is 7.13. The smallest absolute Gasteiger partial charge is 0.289 e. The number of aromatic nitrogens is 4. The molecule has 0 N–H and O–H groups in total. The number of amides is 1. The van der Waals surface area contributed by atoms with E-state index in [0.717, 1.165) is 25.3 Å². The SMILES string of the molecule is CC[C@@H](c1nnnn1C(C)(C)C)N1CCN(C(=O)c2ccco2)CC1. The van der Waals surface area contributed by atoms with Crippen LogP contribution in [0.2, 0.25) is 0 Å². The zero-order chi connectivity index (χ0) is 18.0. The van der Waals surface area contributed by atoms with E-state index in [0.29, 0.717) is 18.8 Å². The maximum atomic E-state index is 12.4. The second-order valence-electron chi connectivity index (χ2n) is 7.35. The molecule has 136 valence electrons. The molecule has 0 spiro atoms. The predicted molar refractivity (Wildman–Crippen MR) is 92.0 cm³/mol. The van der Waals surface area contributed by atoms with Gasteiger partial charge in [0.2, 0.25) is 0 Å². The van der Waals surface area contributed by atoms with Crippen molar-refractivity contribution in [3.05, 3.63) is 30.0 Å². The third-order valence-electron chi connectivity index (χ3n) is 4.59. The Bertz CT molecular complexity index is 695. The third-order valence-corrected chi connectivity index (χ3v) is 4.59. The van der Waals surface area contributed by atoms with Gasteiger partial charge in [0.25, 0.3) is 5.91 Å². The highest BCUT2D eigenvalue weighted by Crippen LogP contribution is 2.26. The van der Waals surface area contributed by atoms with Crippen LogP contribution >= 0.6 is 0 Å². The highest BCUT2D eigenvalue weighted by atomic mass is 16.3. The molecule has 1 fully saturated rings. The van der Waals surface area contributed by atoms with Crippen molar-refractivity contribution in [2.24, 2.45) is 0 Å². The number of carbonyl (C=O) groups excluding carboxylic acids is 1. The summed E-state index contributed by atoms with van der Waals surface area (Å²) in [6.07, 6.45) is 2.45. The highest BCUT2D eigenvalue weighted by Gasteiger charge is 2.32. The summed E-state index contributed by atoms with van der Waals surface area (Å²) in [5.74, 6) is 1.25. The Morgan fingerprint density at radius 1 is 1.28 bits per heavy atom. The third kappa shape index (κ3) is 3.58. The molecule has 0 aromatic carbocycles. The Hall–Kier alpha value is -2.22. The molecule has 0 bridgehead atoms. The minimum absolute atomic E-state index is 0.0442. The van der Waals surface area contributed by atoms with Crippen LogP contribution in [0.15, 0.2) is 22.8 Å². The molecule has 8 heteroatoms. The zero-order valence-electron chi connectivity index (χ0n) is 15.3. The maximum absolute atomic E-state index is 12.4. The molecular weight excluding hydrogens is 320 g/mol. The van der Waals surface area contributed by atoms with Gasteiger partial charge in [-0.3, -0.25) is 9.69 Å². The molecule has 2 aromatic rings. The number of tetrazole rings is 1. The first kappa shape index (κ1) is 17.6. The number of hydrogen-bond donors (Lipinski definition) is 0. The first-order valence-electron chi connectivity index (χ1n) is 8.77. The van der Waals surface area contributed by atoms with Crippen LogP contribution in [0.3, 0.4) is 0 Å². The molecule has 8 nitrogen and oxygen atoms in total. The molecule has 2 aromatic heterocycles. The van der Waals surface area contributed by atoms with Crippen LogP contribution in [-0.4, -0.2) is 62.1 Å². The lowest BCUT2D eigenvalue weighted by molar-refractivity contribution is 0.0516. The van der Waals surface area contributed by atoms with Crippen LogP contribution in [0.25, 0.3) is 0 Å². The van der Waals surface area contributed by atoms with Crippen LogP contribution in [0.5, 0.6) is 0 Å². The van der Waals surface area contributed by atoms with Crippen LogP contribution in [0.4, 0.5) is 0 Å². The summed E-state index contributed by atoms with van der Waals surface area (Å²) in [4.78, 5) is 16.6. The van der Waals surface area contributed by atoms with Crippen molar-refractivity contribution < 1.29 is 9.21 Å². The number of furan rings is 1. The lowest BCUT2D eigenvalue weighted by Gasteiger charge is -2.38.